The number of hydrogen-bond donors (Lipinski definition) is 0. The first-order valence-corrected chi connectivity index (χ1v) is 11.4. The highest BCUT2D eigenvalue weighted by molar-refractivity contribution is 6.15. The highest BCUT2D eigenvalue weighted by Gasteiger charge is 2.34. The zero-order valence-electron chi connectivity index (χ0n) is 18.7. The van der Waals surface area contributed by atoms with Gasteiger partial charge in [0.2, 0.25) is 0 Å². The third kappa shape index (κ3) is 3.97. The van der Waals surface area contributed by atoms with E-state index < -0.39 is 0 Å². The third-order valence-corrected chi connectivity index (χ3v) is 6.59. The molecule has 1 heterocycles. The molecule has 0 radical (unpaired) electrons. The van der Waals surface area contributed by atoms with Gasteiger partial charge in [-0.2, -0.15) is 0 Å². The molecular formula is C28H29NO3. The monoisotopic (exact) mass is 427 g/mol. The van der Waals surface area contributed by atoms with Crippen molar-refractivity contribution in [2.75, 3.05) is 14.2 Å². The first kappa shape index (κ1) is 20.6. The lowest BCUT2D eigenvalue weighted by Gasteiger charge is -2.35. The molecule has 0 saturated heterocycles. The van der Waals surface area contributed by atoms with Crippen molar-refractivity contribution < 1.29 is 14.2 Å². The lowest BCUT2D eigenvalue weighted by atomic mass is 9.75. The van der Waals surface area contributed by atoms with E-state index in [2.05, 4.69) is 36.4 Å². The Balaban J connectivity index is 1.52. The number of fused-ring (bicyclic) bond motifs is 3. The van der Waals surface area contributed by atoms with E-state index in [9.17, 15) is 0 Å². The molecule has 1 aliphatic heterocycles. The highest BCUT2D eigenvalue weighted by atomic mass is 16.5. The molecule has 4 nitrogen and oxygen atoms in total. The minimum atomic E-state index is 0.318. The molecule has 32 heavy (non-hydrogen) atoms. The molecule has 4 heteroatoms. The molecule has 164 valence electrons. The first-order chi connectivity index (χ1) is 15.8. The van der Waals surface area contributed by atoms with Crippen molar-refractivity contribution in [1.82, 2.24) is 0 Å². The molecule has 0 bridgehead atoms. The van der Waals surface area contributed by atoms with E-state index in [4.69, 9.17) is 19.2 Å². The summed E-state index contributed by atoms with van der Waals surface area (Å²) in [5, 5.41) is 0. The summed E-state index contributed by atoms with van der Waals surface area (Å²) in [5.41, 5.74) is 5.72. The van der Waals surface area contributed by atoms with Crippen LogP contribution < -0.4 is 14.2 Å². The average Bonchev–Trinajstić information content (AvgIpc) is 2.87. The predicted octanol–water partition coefficient (Wildman–Crippen LogP) is 6.16. The van der Waals surface area contributed by atoms with Crippen LogP contribution in [0.1, 0.15) is 53.9 Å². The van der Waals surface area contributed by atoms with Gasteiger partial charge in [0, 0.05) is 17.0 Å². The second kappa shape index (κ2) is 9.07. The molecule has 2 atom stereocenters. The van der Waals surface area contributed by atoms with Gasteiger partial charge in [0.25, 0.3) is 0 Å². The number of nitrogens with zero attached hydrogens (tertiary/aromatic N) is 1. The van der Waals surface area contributed by atoms with Crippen LogP contribution in [-0.2, 0) is 6.61 Å². The zero-order valence-corrected chi connectivity index (χ0v) is 18.7. The maximum Gasteiger partial charge on any atom is 0.161 e. The molecule has 0 amide bonds. The molecule has 0 N–H and O–H groups in total. The van der Waals surface area contributed by atoms with Crippen molar-refractivity contribution in [2.24, 2.45) is 4.99 Å². The second-order valence-electron chi connectivity index (χ2n) is 8.53. The standard InChI is InChI=1S/C28H29NO3/c1-30-26-16-23-22-13-6-7-14-25(22)29-28(24(23)17-27(26)31-2)20-11-8-12-21(15-20)32-18-19-9-4-3-5-10-19/h3-5,8-12,15-17,22,25H,6-7,13-14,18H2,1-2H3/t22-,25-/m0/s1. The lowest BCUT2D eigenvalue weighted by molar-refractivity contribution is 0.306. The van der Waals surface area contributed by atoms with Crippen molar-refractivity contribution in [3.63, 3.8) is 0 Å². The quantitative estimate of drug-likeness (QED) is 0.473. The molecule has 2 aliphatic rings. The Labute approximate surface area is 189 Å². The number of aliphatic imine (C=N–C) groups is 1. The molecule has 0 unspecified atom stereocenters. The Hall–Kier alpha value is -3.27. The molecule has 1 fully saturated rings. The van der Waals surface area contributed by atoms with Crippen LogP contribution in [0.15, 0.2) is 71.7 Å². The number of ether oxygens (including phenoxy) is 3. The Morgan fingerprint density at radius 3 is 2.44 bits per heavy atom. The summed E-state index contributed by atoms with van der Waals surface area (Å²) in [5.74, 6) is 2.82. The largest absolute Gasteiger partial charge is 0.493 e. The Bertz CT molecular complexity index is 1120. The number of methoxy groups -OCH3 is 2. The minimum absolute atomic E-state index is 0.318. The van der Waals surface area contributed by atoms with Crippen molar-refractivity contribution in [3.8, 4) is 17.2 Å². The molecule has 5 rings (SSSR count). The van der Waals surface area contributed by atoms with Gasteiger partial charge in [-0.05, 0) is 48.2 Å². The fourth-order valence-electron chi connectivity index (χ4n) is 4.97. The van der Waals surface area contributed by atoms with E-state index in [0.29, 0.717) is 18.6 Å². The van der Waals surface area contributed by atoms with E-state index in [0.717, 1.165) is 46.1 Å². The summed E-state index contributed by atoms with van der Waals surface area (Å²) < 4.78 is 17.4. The van der Waals surface area contributed by atoms with Crippen LogP contribution in [0, 0.1) is 0 Å². The Morgan fingerprint density at radius 1 is 0.844 bits per heavy atom. The van der Waals surface area contributed by atoms with Crippen molar-refractivity contribution >= 4 is 5.71 Å². The van der Waals surface area contributed by atoms with E-state index >= 15 is 0 Å². The van der Waals surface area contributed by atoms with Crippen LogP contribution in [0.25, 0.3) is 0 Å². The van der Waals surface area contributed by atoms with E-state index in [1.54, 1.807) is 14.2 Å². The van der Waals surface area contributed by atoms with Gasteiger partial charge in [0.15, 0.2) is 11.5 Å². The van der Waals surface area contributed by atoms with Crippen LogP contribution in [0.5, 0.6) is 17.2 Å². The number of benzene rings is 3. The van der Waals surface area contributed by atoms with Crippen LogP contribution >= 0.6 is 0 Å². The molecule has 0 spiro atoms. The summed E-state index contributed by atoms with van der Waals surface area (Å²) in [6.45, 7) is 0.545. The lowest BCUT2D eigenvalue weighted by Crippen LogP contribution is -2.29. The summed E-state index contributed by atoms with van der Waals surface area (Å²) in [6, 6.07) is 23.1. The van der Waals surface area contributed by atoms with Crippen LogP contribution in [0.2, 0.25) is 0 Å². The normalized spacial score (nSPS) is 19.4. The highest BCUT2D eigenvalue weighted by Crippen LogP contribution is 2.44. The maximum atomic E-state index is 6.10. The van der Waals surface area contributed by atoms with Gasteiger partial charge in [-0.3, -0.25) is 4.99 Å². The van der Waals surface area contributed by atoms with Crippen molar-refractivity contribution in [2.45, 2.75) is 44.2 Å². The van der Waals surface area contributed by atoms with Gasteiger partial charge in [0.05, 0.1) is 26.0 Å². The Kier molecular flexibility index (Phi) is 5.85. The first-order valence-electron chi connectivity index (χ1n) is 11.4. The van der Waals surface area contributed by atoms with Gasteiger partial charge in [-0.1, -0.05) is 55.3 Å². The van der Waals surface area contributed by atoms with Gasteiger partial charge in [0.1, 0.15) is 12.4 Å². The summed E-state index contributed by atoms with van der Waals surface area (Å²) in [4.78, 5) is 5.27. The minimum Gasteiger partial charge on any atom is -0.493 e. The molecular weight excluding hydrogens is 398 g/mol. The summed E-state index contributed by atoms with van der Waals surface area (Å²) in [6.07, 6.45) is 4.79. The molecule has 3 aromatic carbocycles. The SMILES string of the molecule is COc1cc2c(cc1OC)[C@@H]1CCCC[C@@H]1N=C2c1cccc(OCc2ccccc2)c1. The smallest absolute Gasteiger partial charge is 0.161 e. The summed E-state index contributed by atoms with van der Waals surface area (Å²) in [7, 11) is 3.39. The average molecular weight is 428 g/mol. The third-order valence-electron chi connectivity index (χ3n) is 6.59. The molecule has 1 aliphatic carbocycles. The van der Waals surface area contributed by atoms with Gasteiger partial charge >= 0.3 is 0 Å². The number of hydrogen-bond acceptors (Lipinski definition) is 4. The topological polar surface area (TPSA) is 40.0 Å². The second-order valence-corrected chi connectivity index (χ2v) is 8.53. The van der Waals surface area contributed by atoms with Gasteiger partial charge in [-0.15, -0.1) is 0 Å². The Morgan fingerprint density at radius 2 is 1.62 bits per heavy atom. The molecule has 3 aromatic rings. The van der Waals surface area contributed by atoms with Gasteiger partial charge in [-0.25, -0.2) is 0 Å². The van der Waals surface area contributed by atoms with Crippen LogP contribution in [0.4, 0.5) is 0 Å². The van der Waals surface area contributed by atoms with E-state index in [1.807, 2.05) is 30.3 Å². The van der Waals surface area contributed by atoms with Crippen LogP contribution in [-0.4, -0.2) is 26.0 Å². The number of rotatable bonds is 6. The zero-order chi connectivity index (χ0) is 21.9. The van der Waals surface area contributed by atoms with E-state index in [1.165, 1.54) is 24.8 Å². The molecule has 1 saturated carbocycles. The fraction of sp³-hybridized carbons (Fsp3) is 0.321. The maximum absolute atomic E-state index is 6.10. The van der Waals surface area contributed by atoms with E-state index in [-0.39, 0.29) is 0 Å². The van der Waals surface area contributed by atoms with Gasteiger partial charge < -0.3 is 14.2 Å². The van der Waals surface area contributed by atoms with Crippen LogP contribution in [0.3, 0.4) is 0 Å². The molecule has 0 aromatic heterocycles. The fourth-order valence-corrected chi connectivity index (χ4v) is 4.97. The summed E-state index contributed by atoms with van der Waals surface area (Å²) >= 11 is 0. The van der Waals surface area contributed by atoms with Crippen molar-refractivity contribution in [3.05, 3.63) is 89.0 Å². The predicted molar refractivity (Wildman–Crippen MR) is 127 cm³/mol. The van der Waals surface area contributed by atoms with Crippen molar-refractivity contribution in [1.29, 1.82) is 0 Å².